The number of carbonyl (C=O) groups is 1. The molecule has 84 valence electrons. The SMILES string of the molecule is CCC(NCC(=O)NC(C)C)C(C)C. The van der Waals surface area contributed by atoms with Gasteiger partial charge in [0.2, 0.25) is 5.91 Å². The molecule has 1 atom stereocenters. The fourth-order valence-electron chi connectivity index (χ4n) is 1.45. The van der Waals surface area contributed by atoms with Gasteiger partial charge >= 0.3 is 0 Å². The second-order valence-electron chi connectivity index (χ2n) is 4.36. The molecule has 3 heteroatoms. The molecule has 14 heavy (non-hydrogen) atoms. The van der Waals surface area contributed by atoms with Gasteiger partial charge in [-0.2, -0.15) is 0 Å². The highest BCUT2D eigenvalue weighted by Gasteiger charge is 2.11. The van der Waals surface area contributed by atoms with Crippen molar-refractivity contribution in [3.8, 4) is 0 Å². The first-order chi connectivity index (χ1) is 6.47. The minimum atomic E-state index is 0.0825. The lowest BCUT2D eigenvalue weighted by Gasteiger charge is -2.20. The highest BCUT2D eigenvalue weighted by Crippen LogP contribution is 2.04. The minimum absolute atomic E-state index is 0.0825. The first kappa shape index (κ1) is 13.4. The largest absolute Gasteiger partial charge is 0.353 e. The third kappa shape index (κ3) is 5.97. The van der Waals surface area contributed by atoms with Gasteiger partial charge in [0.15, 0.2) is 0 Å². The predicted molar refractivity (Wildman–Crippen MR) is 60.2 cm³/mol. The Morgan fingerprint density at radius 1 is 1.21 bits per heavy atom. The zero-order valence-corrected chi connectivity index (χ0v) is 10.1. The van der Waals surface area contributed by atoms with E-state index in [4.69, 9.17) is 0 Å². The molecule has 0 aromatic carbocycles. The molecule has 0 radical (unpaired) electrons. The minimum Gasteiger partial charge on any atom is -0.353 e. The topological polar surface area (TPSA) is 41.1 Å². The highest BCUT2D eigenvalue weighted by atomic mass is 16.1. The van der Waals surface area contributed by atoms with Crippen LogP contribution in [0.3, 0.4) is 0 Å². The van der Waals surface area contributed by atoms with Crippen LogP contribution < -0.4 is 10.6 Å². The molecule has 0 spiro atoms. The summed E-state index contributed by atoms with van der Waals surface area (Å²) in [5.74, 6) is 0.658. The lowest BCUT2D eigenvalue weighted by Crippen LogP contribution is -2.43. The van der Waals surface area contributed by atoms with Crippen LogP contribution >= 0.6 is 0 Å². The second-order valence-corrected chi connectivity index (χ2v) is 4.36. The summed E-state index contributed by atoms with van der Waals surface area (Å²) in [6, 6.07) is 0.663. The van der Waals surface area contributed by atoms with Crippen molar-refractivity contribution < 1.29 is 4.79 Å². The Hall–Kier alpha value is -0.570. The number of nitrogens with one attached hydrogen (secondary N) is 2. The van der Waals surface area contributed by atoms with Crippen LogP contribution in [-0.2, 0) is 4.79 Å². The van der Waals surface area contributed by atoms with Gasteiger partial charge in [-0.15, -0.1) is 0 Å². The van der Waals surface area contributed by atoms with E-state index in [-0.39, 0.29) is 11.9 Å². The van der Waals surface area contributed by atoms with Gasteiger partial charge in [-0.1, -0.05) is 20.8 Å². The van der Waals surface area contributed by atoms with E-state index in [1.165, 1.54) is 0 Å². The van der Waals surface area contributed by atoms with E-state index in [1.54, 1.807) is 0 Å². The quantitative estimate of drug-likeness (QED) is 0.683. The Morgan fingerprint density at radius 3 is 2.14 bits per heavy atom. The normalized spacial score (nSPS) is 13.4. The van der Waals surface area contributed by atoms with E-state index < -0.39 is 0 Å². The number of amides is 1. The fraction of sp³-hybridized carbons (Fsp3) is 0.909. The van der Waals surface area contributed by atoms with Crippen LogP contribution in [0, 0.1) is 5.92 Å². The van der Waals surface area contributed by atoms with Crippen molar-refractivity contribution in [2.24, 2.45) is 5.92 Å². The summed E-state index contributed by atoms with van der Waals surface area (Å²) in [7, 11) is 0. The van der Waals surface area contributed by atoms with E-state index in [9.17, 15) is 4.79 Å². The van der Waals surface area contributed by atoms with Gasteiger partial charge in [0.05, 0.1) is 6.54 Å². The molecule has 3 nitrogen and oxygen atoms in total. The summed E-state index contributed by atoms with van der Waals surface area (Å²) < 4.78 is 0. The van der Waals surface area contributed by atoms with Crippen molar-refractivity contribution in [2.45, 2.75) is 53.1 Å². The molecule has 0 bridgehead atoms. The Balaban J connectivity index is 3.74. The molecule has 1 unspecified atom stereocenters. The summed E-state index contributed by atoms with van der Waals surface area (Å²) >= 11 is 0. The third-order valence-electron chi connectivity index (χ3n) is 2.22. The second kappa shape index (κ2) is 6.82. The zero-order valence-electron chi connectivity index (χ0n) is 10.1. The van der Waals surface area contributed by atoms with E-state index in [0.29, 0.717) is 18.5 Å². The molecular weight excluding hydrogens is 176 g/mol. The van der Waals surface area contributed by atoms with Gasteiger partial charge in [-0.25, -0.2) is 0 Å². The van der Waals surface area contributed by atoms with E-state index in [1.807, 2.05) is 13.8 Å². The Labute approximate surface area is 87.6 Å². The summed E-state index contributed by atoms with van der Waals surface area (Å²) in [5, 5.41) is 6.12. The Bertz CT molecular complexity index is 167. The molecule has 2 N–H and O–H groups in total. The van der Waals surface area contributed by atoms with Gasteiger partial charge in [0.1, 0.15) is 0 Å². The van der Waals surface area contributed by atoms with Crippen molar-refractivity contribution in [1.82, 2.24) is 10.6 Å². The zero-order chi connectivity index (χ0) is 11.1. The summed E-state index contributed by atoms with van der Waals surface area (Å²) in [6.45, 7) is 10.8. The smallest absolute Gasteiger partial charge is 0.234 e. The molecule has 0 saturated heterocycles. The van der Waals surface area contributed by atoms with Gasteiger partial charge in [0.25, 0.3) is 0 Å². The van der Waals surface area contributed by atoms with Gasteiger partial charge < -0.3 is 10.6 Å². The maximum absolute atomic E-state index is 11.3. The van der Waals surface area contributed by atoms with Gasteiger partial charge in [-0.05, 0) is 26.2 Å². The number of hydrogen-bond acceptors (Lipinski definition) is 2. The molecule has 1 amide bonds. The molecule has 0 saturated carbocycles. The third-order valence-corrected chi connectivity index (χ3v) is 2.22. The van der Waals surface area contributed by atoms with Crippen LogP contribution in [0.15, 0.2) is 0 Å². The Kier molecular flexibility index (Phi) is 6.54. The van der Waals surface area contributed by atoms with Crippen molar-refractivity contribution in [1.29, 1.82) is 0 Å². The fourth-order valence-corrected chi connectivity index (χ4v) is 1.45. The van der Waals surface area contributed by atoms with Crippen LogP contribution in [0.5, 0.6) is 0 Å². The number of rotatable bonds is 6. The average Bonchev–Trinajstić information content (AvgIpc) is 2.03. The number of carbonyl (C=O) groups excluding carboxylic acids is 1. The lowest BCUT2D eigenvalue weighted by molar-refractivity contribution is -0.120. The lowest BCUT2D eigenvalue weighted by atomic mass is 10.0. The Morgan fingerprint density at radius 2 is 1.79 bits per heavy atom. The van der Waals surface area contributed by atoms with Crippen molar-refractivity contribution >= 4 is 5.91 Å². The van der Waals surface area contributed by atoms with Crippen molar-refractivity contribution in [3.63, 3.8) is 0 Å². The summed E-state index contributed by atoms with van der Waals surface area (Å²) in [6.07, 6.45) is 1.06. The summed E-state index contributed by atoms with van der Waals surface area (Å²) in [5.41, 5.74) is 0. The molecule has 0 aliphatic heterocycles. The van der Waals surface area contributed by atoms with E-state index >= 15 is 0 Å². The van der Waals surface area contributed by atoms with Crippen LogP contribution in [0.2, 0.25) is 0 Å². The molecule has 0 aromatic rings. The van der Waals surface area contributed by atoms with E-state index in [2.05, 4.69) is 31.4 Å². The molecular formula is C11H24N2O. The van der Waals surface area contributed by atoms with Crippen LogP contribution in [-0.4, -0.2) is 24.5 Å². The molecule has 0 fully saturated rings. The standard InChI is InChI=1S/C11H24N2O/c1-6-10(8(2)3)12-7-11(14)13-9(4)5/h8-10,12H,6-7H2,1-5H3,(H,13,14). The average molecular weight is 200 g/mol. The maximum Gasteiger partial charge on any atom is 0.234 e. The van der Waals surface area contributed by atoms with Gasteiger partial charge in [-0.3, -0.25) is 4.79 Å². The first-order valence-corrected chi connectivity index (χ1v) is 5.50. The first-order valence-electron chi connectivity index (χ1n) is 5.50. The molecule has 0 aliphatic rings. The van der Waals surface area contributed by atoms with Crippen molar-refractivity contribution in [3.05, 3.63) is 0 Å². The maximum atomic E-state index is 11.3. The van der Waals surface area contributed by atoms with E-state index in [0.717, 1.165) is 6.42 Å². The highest BCUT2D eigenvalue weighted by molar-refractivity contribution is 5.78. The molecule has 0 rings (SSSR count). The molecule has 0 aromatic heterocycles. The number of hydrogen-bond donors (Lipinski definition) is 2. The van der Waals surface area contributed by atoms with Crippen LogP contribution in [0.4, 0.5) is 0 Å². The monoisotopic (exact) mass is 200 g/mol. The summed E-state index contributed by atoms with van der Waals surface area (Å²) in [4.78, 5) is 11.3. The van der Waals surface area contributed by atoms with Gasteiger partial charge in [0, 0.05) is 12.1 Å². The predicted octanol–water partition coefficient (Wildman–Crippen LogP) is 1.54. The molecule has 0 heterocycles. The van der Waals surface area contributed by atoms with Crippen LogP contribution in [0.1, 0.15) is 41.0 Å². The van der Waals surface area contributed by atoms with Crippen molar-refractivity contribution in [2.75, 3.05) is 6.54 Å². The van der Waals surface area contributed by atoms with Crippen LogP contribution in [0.25, 0.3) is 0 Å². The molecule has 0 aliphatic carbocycles.